The van der Waals surface area contributed by atoms with Gasteiger partial charge in [0, 0.05) is 16.7 Å². The number of Topliss-reactive ketones (excluding diaryl/α,β-unsaturated/α-hetero) is 1. The van der Waals surface area contributed by atoms with Gasteiger partial charge in [0.15, 0.2) is 5.78 Å². The molecule has 1 aromatic heterocycles. The molecule has 0 bridgehead atoms. The van der Waals surface area contributed by atoms with Crippen molar-refractivity contribution < 1.29 is 4.79 Å². The van der Waals surface area contributed by atoms with E-state index in [2.05, 4.69) is 4.98 Å². The van der Waals surface area contributed by atoms with Crippen LogP contribution in [0.5, 0.6) is 0 Å². The standard InChI is InChI=1S/C19H11ClN2O2S/c20-15-7-5-14(6-8-15)16(23)10-18-22-19(24)17(25-18)9-12-1-3-13(11-21)4-2-12/h1-10H,(H,22,24). The van der Waals surface area contributed by atoms with Gasteiger partial charge in [-0.15, -0.1) is 11.3 Å². The Labute approximate surface area is 152 Å². The van der Waals surface area contributed by atoms with Crippen LogP contribution in [0, 0.1) is 11.3 Å². The number of hydrogen-bond donors (Lipinski definition) is 1. The molecular formula is C19H11ClN2O2S. The number of halogens is 1. The summed E-state index contributed by atoms with van der Waals surface area (Å²) in [6.45, 7) is 0. The van der Waals surface area contributed by atoms with E-state index in [-0.39, 0.29) is 11.3 Å². The number of thiazole rings is 1. The molecule has 3 aromatic rings. The van der Waals surface area contributed by atoms with Gasteiger partial charge in [0.25, 0.3) is 5.56 Å². The molecule has 4 nitrogen and oxygen atoms in total. The van der Waals surface area contributed by atoms with Crippen LogP contribution >= 0.6 is 22.9 Å². The highest BCUT2D eigenvalue weighted by atomic mass is 35.5. The molecule has 1 N–H and O–H groups in total. The fraction of sp³-hybridized carbons (Fsp3) is 0. The average molecular weight is 367 g/mol. The first-order valence-electron chi connectivity index (χ1n) is 7.28. The summed E-state index contributed by atoms with van der Waals surface area (Å²) in [4.78, 5) is 26.9. The predicted molar refractivity (Wildman–Crippen MR) is 99.2 cm³/mol. The van der Waals surface area contributed by atoms with Crippen LogP contribution < -0.4 is 14.8 Å². The van der Waals surface area contributed by atoms with Gasteiger partial charge in [-0.3, -0.25) is 9.59 Å². The van der Waals surface area contributed by atoms with Gasteiger partial charge in [0.05, 0.1) is 20.8 Å². The Balaban J connectivity index is 1.95. The Morgan fingerprint density at radius 3 is 2.44 bits per heavy atom. The summed E-state index contributed by atoms with van der Waals surface area (Å²) in [5, 5.41) is 9.36. The molecule has 122 valence electrons. The molecule has 0 aliphatic carbocycles. The van der Waals surface area contributed by atoms with E-state index in [1.165, 1.54) is 17.4 Å². The molecular weight excluding hydrogens is 356 g/mol. The first-order valence-corrected chi connectivity index (χ1v) is 8.47. The summed E-state index contributed by atoms with van der Waals surface area (Å²) >= 11 is 7.01. The van der Waals surface area contributed by atoms with Gasteiger partial charge in [-0.25, -0.2) is 0 Å². The number of carbonyl (C=O) groups is 1. The maximum absolute atomic E-state index is 12.2. The molecule has 0 saturated heterocycles. The Morgan fingerprint density at radius 1 is 1.12 bits per heavy atom. The van der Waals surface area contributed by atoms with Gasteiger partial charge in [0.2, 0.25) is 0 Å². The van der Waals surface area contributed by atoms with Crippen LogP contribution in [0.3, 0.4) is 0 Å². The van der Waals surface area contributed by atoms with Crippen LogP contribution in [0.15, 0.2) is 53.3 Å². The third-order valence-corrected chi connectivity index (χ3v) is 4.62. The molecule has 0 aliphatic heterocycles. The Kier molecular flexibility index (Phi) is 4.94. The topological polar surface area (TPSA) is 73.7 Å². The number of benzene rings is 2. The highest BCUT2D eigenvalue weighted by molar-refractivity contribution is 7.07. The van der Waals surface area contributed by atoms with Crippen molar-refractivity contribution in [2.75, 3.05) is 0 Å². The van der Waals surface area contributed by atoms with Crippen molar-refractivity contribution in [3.8, 4) is 6.07 Å². The highest BCUT2D eigenvalue weighted by Crippen LogP contribution is 2.10. The minimum Gasteiger partial charge on any atom is -0.313 e. The molecule has 0 unspecified atom stereocenters. The molecule has 25 heavy (non-hydrogen) atoms. The fourth-order valence-corrected chi connectivity index (χ4v) is 3.16. The van der Waals surface area contributed by atoms with Gasteiger partial charge < -0.3 is 4.98 Å². The SMILES string of the molecule is N#Cc1ccc(C=c2sc(=CC(=O)c3ccc(Cl)cc3)[nH]c2=O)cc1. The molecule has 3 rings (SSSR count). The number of nitrogens with zero attached hydrogens (tertiary/aromatic N) is 1. The monoisotopic (exact) mass is 366 g/mol. The number of carbonyl (C=O) groups excluding carboxylic acids is 1. The Hall–Kier alpha value is -2.94. The van der Waals surface area contributed by atoms with Crippen LogP contribution in [0.4, 0.5) is 0 Å². The maximum atomic E-state index is 12.2. The third-order valence-electron chi connectivity index (χ3n) is 3.41. The van der Waals surface area contributed by atoms with E-state index < -0.39 is 0 Å². The fourth-order valence-electron chi connectivity index (χ4n) is 2.15. The summed E-state index contributed by atoms with van der Waals surface area (Å²) in [6, 6.07) is 15.5. The second-order valence-corrected chi connectivity index (χ2v) is 6.70. The van der Waals surface area contributed by atoms with Gasteiger partial charge >= 0.3 is 0 Å². The first-order chi connectivity index (χ1) is 12.0. The van der Waals surface area contributed by atoms with Crippen molar-refractivity contribution >= 4 is 40.9 Å². The van der Waals surface area contributed by atoms with Crippen molar-refractivity contribution in [3.63, 3.8) is 0 Å². The lowest BCUT2D eigenvalue weighted by Gasteiger charge is -1.94. The minimum absolute atomic E-state index is 0.209. The lowest BCUT2D eigenvalue weighted by atomic mass is 10.1. The van der Waals surface area contributed by atoms with Crippen molar-refractivity contribution in [3.05, 3.63) is 89.8 Å². The van der Waals surface area contributed by atoms with E-state index in [1.54, 1.807) is 54.6 Å². The van der Waals surface area contributed by atoms with Crippen LogP contribution in [0.25, 0.3) is 12.2 Å². The summed E-state index contributed by atoms with van der Waals surface area (Å²) in [5.74, 6) is -0.209. The second-order valence-electron chi connectivity index (χ2n) is 5.18. The highest BCUT2D eigenvalue weighted by Gasteiger charge is 2.03. The van der Waals surface area contributed by atoms with Crippen molar-refractivity contribution in [1.82, 2.24) is 4.98 Å². The van der Waals surface area contributed by atoms with E-state index in [1.807, 2.05) is 6.07 Å². The molecule has 0 spiro atoms. The zero-order valence-electron chi connectivity index (χ0n) is 12.8. The van der Waals surface area contributed by atoms with Crippen LogP contribution in [-0.4, -0.2) is 10.8 Å². The maximum Gasteiger partial charge on any atom is 0.266 e. The quantitative estimate of drug-likeness (QED) is 0.723. The molecule has 6 heteroatoms. The van der Waals surface area contributed by atoms with E-state index >= 15 is 0 Å². The van der Waals surface area contributed by atoms with E-state index in [0.29, 0.717) is 25.3 Å². The lowest BCUT2D eigenvalue weighted by molar-refractivity contribution is 0.106. The Bertz CT molecular complexity index is 1130. The molecule has 2 aromatic carbocycles. The zero-order valence-corrected chi connectivity index (χ0v) is 14.4. The van der Waals surface area contributed by atoms with E-state index in [4.69, 9.17) is 16.9 Å². The zero-order chi connectivity index (χ0) is 17.8. The number of nitriles is 1. The number of aromatic amines is 1. The van der Waals surface area contributed by atoms with Gasteiger partial charge in [-0.1, -0.05) is 23.7 Å². The normalized spacial score (nSPS) is 12.2. The minimum atomic E-state index is -0.260. The van der Waals surface area contributed by atoms with Crippen molar-refractivity contribution in [2.45, 2.75) is 0 Å². The number of aromatic nitrogens is 1. The second kappa shape index (κ2) is 7.31. The lowest BCUT2D eigenvalue weighted by Crippen LogP contribution is -2.20. The number of H-pyrrole nitrogens is 1. The Morgan fingerprint density at radius 2 is 1.80 bits per heavy atom. The number of ketones is 1. The van der Waals surface area contributed by atoms with Crippen LogP contribution in [0.2, 0.25) is 5.02 Å². The molecule has 1 heterocycles. The molecule has 0 atom stereocenters. The number of nitrogens with one attached hydrogen (secondary N) is 1. The van der Waals surface area contributed by atoms with Gasteiger partial charge in [0.1, 0.15) is 0 Å². The predicted octanol–water partition coefficient (Wildman–Crippen LogP) is 2.45. The average Bonchev–Trinajstić information content (AvgIpc) is 2.95. The first kappa shape index (κ1) is 16.9. The van der Waals surface area contributed by atoms with Crippen LogP contribution in [0.1, 0.15) is 21.5 Å². The molecule has 0 amide bonds. The van der Waals surface area contributed by atoms with Crippen molar-refractivity contribution in [2.24, 2.45) is 0 Å². The van der Waals surface area contributed by atoms with Crippen LogP contribution in [-0.2, 0) is 0 Å². The van der Waals surface area contributed by atoms with Crippen molar-refractivity contribution in [1.29, 1.82) is 5.26 Å². The smallest absolute Gasteiger partial charge is 0.266 e. The third kappa shape index (κ3) is 4.13. The number of rotatable bonds is 3. The van der Waals surface area contributed by atoms with Gasteiger partial charge in [-0.2, -0.15) is 5.26 Å². The molecule has 0 saturated carbocycles. The molecule has 0 radical (unpaired) electrons. The van der Waals surface area contributed by atoms with E-state index in [9.17, 15) is 9.59 Å². The summed E-state index contributed by atoms with van der Waals surface area (Å²) < 4.78 is 0.963. The van der Waals surface area contributed by atoms with Gasteiger partial charge in [-0.05, 0) is 48.0 Å². The largest absolute Gasteiger partial charge is 0.313 e. The molecule has 0 fully saturated rings. The summed E-state index contributed by atoms with van der Waals surface area (Å²) in [5.41, 5.74) is 1.60. The summed E-state index contributed by atoms with van der Waals surface area (Å²) in [7, 11) is 0. The number of hydrogen-bond acceptors (Lipinski definition) is 4. The van der Waals surface area contributed by atoms with E-state index in [0.717, 1.165) is 5.56 Å². The summed E-state index contributed by atoms with van der Waals surface area (Å²) in [6.07, 6.45) is 3.11. The molecule has 0 aliphatic rings.